The van der Waals surface area contributed by atoms with Crippen molar-refractivity contribution < 1.29 is 123 Å². The van der Waals surface area contributed by atoms with Crippen LogP contribution in [0.1, 0.15) is 53.4 Å². The molecule has 0 aromatic carbocycles. The molecule has 0 spiro atoms. The van der Waals surface area contributed by atoms with Gasteiger partial charge in [0.25, 0.3) is 0 Å². The van der Waals surface area contributed by atoms with E-state index < -0.39 is 192 Å². The minimum Gasteiger partial charge on any atom is -0.394 e. The van der Waals surface area contributed by atoms with Crippen LogP contribution in [0, 0.1) is 5.41 Å². The molecule has 0 aliphatic carbocycles. The standard InChI is InChI=1S/C44H78N4O25/c1-20-28(55)32(59)35(62)40(69-20)66-12-10-46-26(53)15-48(14-25(52)45-9-7-5-6-8-24(51)44(2,3)4)16-27(54)47-11-13-67-42-38(65)39(73-43-37(64)34(61)30(57)22(18-50)71-43)31(58)23(72-42)19-68-41-36(63)33(60)29(56)21(17-49)70-41/h20-23,28-43,49-50,55-65H,5-19H2,1-4H3,(H,45,52)(H,46,53)(H,47,54)/t20-,21+,22+,23+,28+,29+,30+,31+,32+,33-,34-,35-,36-,37-,38-,39-,40+,41-,42-,43+/m0/s1. The lowest BCUT2D eigenvalue weighted by Crippen LogP contribution is -2.65. The number of carbonyl (C=O) groups is 4. The molecule has 16 N–H and O–H groups in total. The van der Waals surface area contributed by atoms with Crippen molar-refractivity contribution in [2.24, 2.45) is 5.41 Å². The highest BCUT2D eigenvalue weighted by Gasteiger charge is 2.52. The summed E-state index contributed by atoms with van der Waals surface area (Å²) in [7, 11) is 0. The average molecular weight is 1060 g/mol. The molecule has 4 fully saturated rings. The monoisotopic (exact) mass is 1060 g/mol. The first kappa shape index (κ1) is 62.7. The third kappa shape index (κ3) is 18.2. The van der Waals surface area contributed by atoms with Gasteiger partial charge in [-0.05, 0) is 19.8 Å². The lowest BCUT2D eigenvalue weighted by atomic mass is 9.88. The van der Waals surface area contributed by atoms with E-state index in [1.165, 1.54) is 11.8 Å². The molecule has 29 nitrogen and oxygen atoms in total. The number of aliphatic hydroxyl groups is 13. The van der Waals surface area contributed by atoms with Crippen molar-refractivity contribution in [3.05, 3.63) is 0 Å². The topological polar surface area (TPSA) is 444 Å². The van der Waals surface area contributed by atoms with Crippen molar-refractivity contribution in [2.75, 3.05) is 72.3 Å². The van der Waals surface area contributed by atoms with Crippen LogP contribution in [0.15, 0.2) is 0 Å². The number of ketones is 1. The summed E-state index contributed by atoms with van der Waals surface area (Å²) in [6, 6.07) is 0. The highest BCUT2D eigenvalue weighted by Crippen LogP contribution is 2.31. The largest absolute Gasteiger partial charge is 0.394 e. The lowest BCUT2D eigenvalue weighted by molar-refractivity contribution is -0.366. The fourth-order valence-corrected chi connectivity index (χ4v) is 8.08. The zero-order chi connectivity index (χ0) is 54.3. The van der Waals surface area contributed by atoms with E-state index in [0.29, 0.717) is 25.7 Å². The summed E-state index contributed by atoms with van der Waals surface area (Å²) < 4.78 is 44.3. The number of hydrogen-bond acceptors (Lipinski definition) is 26. The summed E-state index contributed by atoms with van der Waals surface area (Å²) >= 11 is 0. The molecule has 73 heavy (non-hydrogen) atoms. The first-order valence-electron chi connectivity index (χ1n) is 24.3. The van der Waals surface area contributed by atoms with Gasteiger partial charge in [-0.2, -0.15) is 0 Å². The summed E-state index contributed by atoms with van der Waals surface area (Å²) in [6.07, 6.45) is -30.8. The van der Waals surface area contributed by atoms with Gasteiger partial charge in [0.2, 0.25) is 17.7 Å². The second-order valence-electron chi connectivity index (χ2n) is 19.5. The molecule has 0 aromatic heterocycles. The normalized spacial score (nSPS) is 37.2. The molecule has 4 aliphatic heterocycles. The highest BCUT2D eigenvalue weighted by atomic mass is 16.8. The maximum Gasteiger partial charge on any atom is 0.234 e. The van der Waals surface area contributed by atoms with Crippen molar-refractivity contribution in [1.29, 1.82) is 0 Å². The molecule has 3 amide bonds. The number of nitrogens with zero attached hydrogens (tertiary/aromatic N) is 1. The third-order valence-electron chi connectivity index (χ3n) is 12.6. The molecule has 424 valence electrons. The summed E-state index contributed by atoms with van der Waals surface area (Å²) in [6.45, 7) is 2.48. The Morgan fingerprint density at radius 2 is 0.932 bits per heavy atom. The van der Waals surface area contributed by atoms with Crippen molar-refractivity contribution >= 4 is 23.5 Å². The van der Waals surface area contributed by atoms with E-state index >= 15 is 0 Å². The number of unbranched alkanes of at least 4 members (excludes halogenated alkanes) is 2. The van der Waals surface area contributed by atoms with Crippen LogP contribution in [0.25, 0.3) is 0 Å². The predicted molar refractivity (Wildman–Crippen MR) is 242 cm³/mol. The van der Waals surface area contributed by atoms with E-state index in [9.17, 15) is 85.6 Å². The van der Waals surface area contributed by atoms with Gasteiger partial charge in [-0.1, -0.05) is 27.2 Å². The Morgan fingerprint density at radius 3 is 1.44 bits per heavy atom. The third-order valence-corrected chi connectivity index (χ3v) is 12.6. The van der Waals surface area contributed by atoms with Gasteiger partial charge in [0.15, 0.2) is 25.2 Å². The average Bonchev–Trinajstić information content (AvgIpc) is 3.34. The van der Waals surface area contributed by atoms with Crippen LogP contribution in [-0.2, 0) is 57.1 Å². The van der Waals surface area contributed by atoms with E-state index in [0.717, 1.165) is 0 Å². The number of rotatable bonds is 27. The number of Topliss-reactive ketones (excluding diaryl/α,β-unsaturated/α-hetero) is 1. The van der Waals surface area contributed by atoms with E-state index in [-0.39, 0.29) is 32.0 Å². The van der Waals surface area contributed by atoms with Gasteiger partial charge < -0.3 is 120 Å². The van der Waals surface area contributed by atoms with E-state index in [4.69, 9.17) is 37.9 Å². The Morgan fingerprint density at radius 1 is 0.493 bits per heavy atom. The van der Waals surface area contributed by atoms with Crippen LogP contribution >= 0.6 is 0 Å². The predicted octanol–water partition coefficient (Wildman–Crippen LogP) is -8.88. The molecular weight excluding hydrogens is 984 g/mol. The number of carbonyl (C=O) groups excluding carboxylic acids is 4. The number of aliphatic hydroxyl groups excluding tert-OH is 13. The lowest BCUT2D eigenvalue weighted by Gasteiger charge is -2.46. The minimum absolute atomic E-state index is 0.120. The van der Waals surface area contributed by atoms with E-state index in [2.05, 4.69) is 16.0 Å². The quantitative estimate of drug-likeness (QED) is 0.0340. The molecule has 0 saturated carbocycles. The number of amides is 3. The van der Waals surface area contributed by atoms with Crippen LogP contribution in [0.3, 0.4) is 0 Å². The maximum absolute atomic E-state index is 13.3. The Kier molecular flexibility index (Phi) is 25.5. The first-order chi connectivity index (χ1) is 34.4. The zero-order valence-electron chi connectivity index (χ0n) is 41.3. The van der Waals surface area contributed by atoms with Crippen LogP contribution < -0.4 is 16.0 Å². The molecule has 0 radical (unpaired) electrons. The molecule has 0 bridgehead atoms. The van der Waals surface area contributed by atoms with E-state index in [1.54, 1.807) is 0 Å². The van der Waals surface area contributed by atoms with Gasteiger partial charge in [-0.3, -0.25) is 24.1 Å². The minimum atomic E-state index is -1.97. The van der Waals surface area contributed by atoms with Gasteiger partial charge in [-0.15, -0.1) is 0 Å². The molecule has 20 atom stereocenters. The van der Waals surface area contributed by atoms with Crippen molar-refractivity contribution in [3.63, 3.8) is 0 Å². The molecule has 29 heteroatoms. The Bertz CT molecular complexity index is 1700. The van der Waals surface area contributed by atoms with Crippen molar-refractivity contribution in [3.8, 4) is 0 Å². The maximum atomic E-state index is 13.3. The zero-order valence-corrected chi connectivity index (χ0v) is 41.3. The van der Waals surface area contributed by atoms with Gasteiger partial charge >= 0.3 is 0 Å². The SMILES string of the molecule is C[C@@H]1O[C@@H](OCCNC(=O)CN(CC(=O)NCCCCCC(=O)C(C)(C)C)CC(=O)NCCO[C@H]2O[C@H](CO[C@H]3O[C@H](CO)[C@@H](O)[C@H](O)[C@@H]3O)[C@@H](O)[C@H](O[C@H]3O[C@H](CO)[C@@H](O)[C@H](O)[C@@H]3O)[C@@H]2O)[C@@H](O)[C@H](O)[C@@H]1O. The summed E-state index contributed by atoms with van der Waals surface area (Å²) in [5.41, 5.74) is -0.460. The molecule has 4 heterocycles. The van der Waals surface area contributed by atoms with Crippen LogP contribution in [0.2, 0.25) is 0 Å². The number of nitrogens with one attached hydrogen (secondary N) is 3. The summed E-state index contributed by atoms with van der Waals surface area (Å²) in [5.74, 6) is -1.74. The second-order valence-corrected chi connectivity index (χ2v) is 19.5. The molecular formula is C44H78N4O25. The fourth-order valence-electron chi connectivity index (χ4n) is 8.08. The smallest absolute Gasteiger partial charge is 0.234 e. The molecule has 0 aromatic rings. The number of hydrogen-bond donors (Lipinski definition) is 16. The van der Waals surface area contributed by atoms with Gasteiger partial charge in [0.1, 0.15) is 97.3 Å². The number of ether oxygens (including phenoxy) is 8. The molecule has 4 aliphatic rings. The molecule has 0 unspecified atom stereocenters. The van der Waals surface area contributed by atoms with Crippen molar-refractivity contribution in [2.45, 2.75) is 176 Å². The van der Waals surface area contributed by atoms with Crippen LogP contribution in [0.4, 0.5) is 0 Å². The van der Waals surface area contributed by atoms with Crippen LogP contribution in [0.5, 0.6) is 0 Å². The Labute approximate surface area is 421 Å². The van der Waals surface area contributed by atoms with Crippen LogP contribution in [-0.4, -0.2) is 290 Å². The summed E-state index contributed by atoms with van der Waals surface area (Å²) in [5, 5.41) is 142. The second kappa shape index (κ2) is 29.6. The summed E-state index contributed by atoms with van der Waals surface area (Å²) in [4.78, 5) is 52.8. The van der Waals surface area contributed by atoms with E-state index in [1.807, 2.05) is 20.8 Å². The Balaban J connectivity index is 1.36. The molecule has 4 rings (SSSR count). The highest BCUT2D eigenvalue weighted by molar-refractivity contribution is 5.84. The fraction of sp³-hybridized carbons (Fsp3) is 0.909. The van der Waals surface area contributed by atoms with Gasteiger partial charge in [-0.25, -0.2) is 0 Å². The molecule has 4 saturated heterocycles. The van der Waals surface area contributed by atoms with Crippen molar-refractivity contribution in [1.82, 2.24) is 20.9 Å². The van der Waals surface area contributed by atoms with Gasteiger partial charge in [0.05, 0.1) is 58.8 Å². The Hall–Kier alpha value is -2.80. The first-order valence-corrected chi connectivity index (χ1v) is 24.3. The van der Waals surface area contributed by atoms with Gasteiger partial charge in [0, 0.05) is 31.5 Å².